The van der Waals surface area contributed by atoms with Crippen molar-refractivity contribution in [1.29, 1.82) is 0 Å². The maximum Gasteiger partial charge on any atom is 0.0787 e. The van der Waals surface area contributed by atoms with E-state index < -0.39 is 0 Å². The highest BCUT2D eigenvalue weighted by atomic mass is 14.7. The van der Waals surface area contributed by atoms with Crippen LogP contribution in [0.25, 0.3) is 76.7 Å². The van der Waals surface area contributed by atoms with Gasteiger partial charge in [0.05, 0.1) is 11.4 Å². The highest BCUT2D eigenvalue weighted by molar-refractivity contribution is 6.28. The average molecular weight is 459 g/mol. The Balaban J connectivity index is 1.56. The molecule has 0 radical (unpaired) electrons. The third kappa shape index (κ3) is 2.56. The first-order valence-electron chi connectivity index (χ1n) is 12.4. The molecule has 1 aliphatic carbocycles. The fourth-order valence-corrected chi connectivity index (χ4v) is 6.16. The summed E-state index contributed by atoms with van der Waals surface area (Å²) in [5, 5.41) is 10.0. The van der Waals surface area contributed by atoms with Crippen molar-refractivity contribution in [3.05, 3.63) is 108 Å². The summed E-state index contributed by atoms with van der Waals surface area (Å²) in [6.07, 6.45) is 3.90. The molecule has 0 amide bonds. The van der Waals surface area contributed by atoms with Crippen LogP contribution in [0, 0.1) is 13.8 Å². The minimum absolute atomic E-state index is 1.01. The molecule has 0 spiro atoms. The molecule has 0 aliphatic heterocycles. The number of aromatic nitrogens is 2. The third-order valence-corrected chi connectivity index (χ3v) is 7.84. The van der Waals surface area contributed by atoms with Gasteiger partial charge in [0.15, 0.2) is 0 Å². The molecule has 0 saturated carbocycles. The highest BCUT2D eigenvalue weighted by Gasteiger charge is 2.26. The first-order chi connectivity index (χ1) is 17.7. The first-order valence-corrected chi connectivity index (χ1v) is 12.4. The lowest BCUT2D eigenvalue weighted by Gasteiger charge is -2.15. The van der Waals surface area contributed by atoms with Crippen LogP contribution in [-0.4, -0.2) is 9.97 Å². The predicted molar refractivity (Wildman–Crippen MR) is 151 cm³/mol. The van der Waals surface area contributed by atoms with Crippen LogP contribution >= 0.6 is 0 Å². The molecule has 0 atom stereocenters. The van der Waals surface area contributed by atoms with Crippen molar-refractivity contribution in [2.45, 2.75) is 13.8 Å². The number of hydrogen-bond acceptors (Lipinski definition) is 2. The molecular formula is C34H22N2. The largest absolute Gasteiger partial charge is 0.256 e. The van der Waals surface area contributed by atoms with E-state index >= 15 is 0 Å². The van der Waals surface area contributed by atoms with Gasteiger partial charge < -0.3 is 0 Å². The first kappa shape index (κ1) is 19.7. The van der Waals surface area contributed by atoms with Gasteiger partial charge in [0.1, 0.15) is 0 Å². The highest BCUT2D eigenvalue weighted by Crippen LogP contribution is 2.51. The molecule has 36 heavy (non-hydrogen) atoms. The summed E-state index contributed by atoms with van der Waals surface area (Å²) in [6.45, 7) is 4.37. The van der Waals surface area contributed by atoms with Crippen molar-refractivity contribution in [2.24, 2.45) is 0 Å². The molecule has 168 valence electrons. The van der Waals surface area contributed by atoms with Crippen LogP contribution in [-0.2, 0) is 0 Å². The molecule has 0 N–H and O–H groups in total. The van der Waals surface area contributed by atoms with Gasteiger partial charge in [-0.05, 0) is 86.9 Å². The minimum Gasteiger partial charge on any atom is -0.256 e. The lowest BCUT2D eigenvalue weighted by Crippen LogP contribution is -1.91. The Hall–Kier alpha value is -4.56. The Morgan fingerprint density at radius 2 is 1.36 bits per heavy atom. The van der Waals surface area contributed by atoms with E-state index in [0.717, 1.165) is 16.8 Å². The predicted octanol–water partition coefficient (Wildman–Crippen LogP) is 9.02. The zero-order chi connectivity index (χ0) is 24.0. The van der Waals surface area contributed by atoms with Crippen molar-refractivity contribution in [2.75, 3.05) is 0 Å². The molecule has 7 aromatic rings. The smallest absolute Gasteiger partial charge is 0.0787 e. The molecule has 2 heterocycles. The number of benzene rings is 5. The van der Waals surface area contributed by atoms with E-state index in [4.69, 9.17) is 9.97 Å². The molecular weight excluding hydrogens is 436 g/mol. The van der Waals surface area contributed by atoms with Crippen LogP contribution in [0.5, 0.6) is 0 Å². The van der Waals surface area contributed by atoms with Crippen molar-refractivity contribution in [1.82, 2.24) is 9.97 Å². The van der Waals surface area contributed by atoms with Crippen molar-refractivity contribution >= 4 is 43.1 Å². The summed E-state index contributed by atoms with van der Waals surface area (Å²) in [4.78, 5) is 9.75. The fraction of sp³-hybridized carbons (Fsp3) is 0.0588. The van der Waals surface area contributed by atoms with E-state index in [1.54, 1.807) is 0 Å². The Labute approximate surface area is 208 Å². The van der Waals surface area contributed by atoms with Crippen LogP contribution in [0.1, 0.15) is 11.1 Å². The van der Waals surface area contributed by atoms with Crippen LogP contribution in [0.2, 0.25) is 0 Å². The molecule has 8 rings (SSSR count). The van der Waals surface area contributed by atoms with Gasteiger partial charge in [-0.2, -0.15) is 0 Å². The fourth-order valence-electron chi connectivity index (χ4n) is 6.16. The second kappa shape index (κ2) is 6.99. The van der Waals surface area contributed by atoms with Gasteiger partial charge in [-0.25, -0.2) is 0 Å². The lowest BCUT2D eigenvalue weighted by atomic mass is 9.89. The van der Waals surface area contributed by atoms with Crippen molar-refractivity contribution in [3.63, 3.8) is 0 Å². The van der Waals surface area contributed by atoms with Gasteiger partial charge in [0.25, 0.3) is 0 Å². The number of nitrogens with zero attached hydrogens (tertiary/aromatic N) is 2. The molecule has 0 fully saturated rings. The summed E-state index contributed by atoms with van der Waals surface area (Å²) >= 11 is 0. The Bertz CT molecular complexity index is 2070. The summed E-state index contributed by atoms with van der Waals surface area (Å²) in [6, 6.07) is 31.0. The van der Waals surface area contributed by atoms with Gasteiger partial charge >= 0.3 is 0 Å². The molecule has 0 bridgehead atoms. The Kier molecular flexibility index (Phi) is 3.83. The third-order valence-electron chi connectivity index (χ3n) is 7.84. The Morgan fingerprint density at radius 1 is 0.556 bits per heavy atom. The number of rotatable bonds is 1. The summed E-state index contributed by atoms with van der Waals surface area (Å²) < 4.78 is 0. The zero-order valence-corrected chi connectivity index (χ0v) is 20.1. The normalized spacial score (nSPS) is 12.2. The van der Waals surface area contributed by atoms with Crippen LogP contribution < -0.4 is 0 Å². The van der Waals surface area contributed by atoms with Crippen LogP contribution in [0.3, 0.4) is 0 Å². The number of fused-ring (bicyclic) bond motifs is 8. The second-order valence-corrected chi connectivity index (χ2v) is 9.99. The van der Waals surface area contributed by atoms with E-state index in [1.807, 2.05) is 18.5 Å². The number of pyridine rings is 2. The minimum atomic E-state index is 1.01. The average Bonchev–Trinajstić information content (AvgIpc) is 3.25. The van der Waals surface area contributed by atoms with Crippen molar-refractivity contribution in [3.8, 4) is 33.6 Å². The molecule has 0 saturated heterocycles. The maximum absolute atomic E-state index is 4.93. The van der Waals surface area contributed by atoms with Gasteiger partial charge in [0.2, 0.25) is 0 Å². The number of aryl methyl sites for hydroxylation is 2. The summed E-state index contributed by atoms with van der Waals surface area (Å²) in [5.41, 5.74) is 9.62. The van der Waals surface area contributed by atoms with Gasteiger partial charge in [0, 0.05) is 34.5 Å². The van der Waals surface area contributed by atoms with Gasteiger partial charge in [-0.3, -0.25) is 9.97 Å². The van der Waals surface area contributed by atoms with Crippen molar-refractivity contribution < 1.29 is 0 Å². The number of hydrogen-bond donors (Lipinski definition) is 0. The maximum atomic E-state index is 4.93. The molecule has 1 aliphatic rings. The molecule has 2 aromatic heterocycles. The standard InChI is InChI=1S/C34H22N2/c1-19-9-11-23-26(14-19)29(31-15-21-6-3-4-7-22(21)18-36-31)16-28-24-12-10-20(2)32-25-8-5-13-35-34(25)30(33(24)32)17-27(23)28/h3-18H,1-2H3. The van der Waals surface area contributed by atoms with E-state index in [0.29, 0.717) is 0 Å². The van der Waals surface area contributed by atoms with E-state index in [2.05, 4.69) is 92.7 Å². The quantitative estimate of drug-likeness (QED) is 0.229. The zero-order valence-electron chi connectivity index (χ0n) is 20.1. The molecule has 5 aromatic carbocycles. The summed E-state index contributed by atoms with van der Waals surface area (Å²) in [5.74, 6) is 0. The van der Waals surface area contributed by atoms with Crippen LogP contribution in [0.4, 0.5) is 0 Å². The molecule has 0 unspecified atom stereocenters. The summed E-state index contributed by atoms with van der Waals surface area (Å²) in [7, 11) is 0. The van der Waals surface area contributed by atoms with Crippen LogP contribution in [0.15, 0.2) is 97.3 Å². The SMILES string of the molecule is Cc1ccc2c(c1)c(-c1cc3ccccc3cn1)cc1c3ccc(C)c4c3c(cc21)-c1ncccc1-4. The van der Waals surface area contributed by atoms with E-state index in [9.17, 15) is 0 Å². The van der Waals surface area contributed by atoms with E-state index in [1.165, 1.54) is 71.1 Å². The Morgan fingerprint density at radius 3 is 2.28 bits per heavy atom. The lowest BCUT2D eigenvalue weighted by molar-refractivity contribution is 1.34. The molecule has 2 heteroatoms. The van der Waals surface area contributed by atoms with Gasteiger partial charge in [-0.1, -0.05) is 66.2 Å². The second-order valence-electron chi connectivity index (χ2n) is 9.99. The van der Waals surface area contributed by atoms with Gasteiger partial charge in [-0.15, -0.1) is 0 Å². The molecule has 2 nitrogen and oxygen atoms in total. The monoisotopic (exact) mass is 458 g/mol. The topological polar surface area (TPSA) is 25.8 Å². The van der Waals surface area contributed by atoms with E-state index in [-0.39, 0.29) is 0 Å².